The van der Waals surface area contributed by atoms with Crippen molar-refractivity contribution in [2.45, 2.75) is 0 Å². The van der Waals surface area contributed by atoms with Crippen molar-refractivity contribution in [2.24, 2.45) is 11.3 Å². The number of benzene rings is 2. The molecule has 29 heavy (non-hydrogen) atoms. The number of non-ortho nitro benzene ring substituents is 1. The molecule has 0 amide bonds. The third kappa shape index (κ3) is 2.96. The lowest BCUT2D eigenvalue weighted by atomic mass is 9.72. The molecule has 5 nitrogen and oxygen atoms in total. The zero-order valence-corrected chi connectivity index (χ0v) is 15.3. The van der Waals surface area contributed by atoms with Gasteiger partial charge in [0.1, 0.15) is 0 Å². The average Bonchev–Trinajstić information content (AvgIpc) is 2.91. The first-order valence-electron chi connectivity index (χ1n) is 9.04. The summed E-state index contributed by atoms with van der Waals surface area (Å²) in [7, 11) is 0. The first kappa shape index (κ1) is 18.2. The van der Waals surface area contributed by atoms with Gasteiger partial charge in [-0.2, -0.15) is 10.5 Å². The van der Waals surface area contributed by atoms with E-state index in [1.165, 1.54) is 12.1 Å². The Balaban J connectivity index is 1.82. The lowest BCUT2D eigenvalue weighted by Gasteiger charge is -2.24. The Hall–Kier alpha value is -4.22. The third-order valence-corrected chi connectivity index (χ3v) is 5.32. The van der Waals surface area contributed by atoms with E-state index in [1.807, 2.05) is 60.7 Å². The molecule has 5 heteroatoms. The molecule has 2 aliphatic rings. The lowest BCUT2D eigenvalue weighted by Crippen LogP contribution is -2.24. The average molecular weight is 377 g/mol. The maximum absolute atomic E-state index is 10.9. The molecule has 1 unspecified atom stereocenters. The van der Waals surface area contributed by atoms with Crippen LogP contribution in [0.5, 0.6) is 0 Å². The number of nitrogens with zero attached hydrogens (tertiary/aromatic N) is 3. The van der Waals surface area contributed by atoms with Crippen LogP contribution < -0.4 is 0 Å². The van der Waals surface area contributed by atoms with Gasteiger partial charge in [-0.3, -0.25) is 10.1 Å². The predicted molar refractivity (Wildman–Crippen MR) is 110 cm³/mol. The second-order valence-corrected chi connectivity index (χ2v) is 6.89. The molecule has 0 spiro atoms. The number of hydrogen-bond donors (Lipinski definition) is 0. The summed E-state index contributed by atoms with van der Waals surface area (Å²) in [6, 6.07) is 20.3. The fourth-order valence-corrected chi connectivity index (χ4v) is 3.84. The molecule has 2 aliphatic carbocycles. The summed E-state index contributed by atoms with van der Waals surface area (Å²) in [4.78, 5) is 10.5. The fourth-order valence-electron chi connectivity index (χ4n) is 3.84. The lowest BCUT2D eigenvalue weighted by molar-refractivity contribution is -0.384. The first-order chi connectivity index (χ1) is 14.1. The number of allylic oxidation sites excluding steroid dienone is 8. The zero-order chi connectivity index (χ0) is 20.4. The van der Waals surface area contributed by atoms with Crippen molar-refractivity contribution in [1.82, 2.24) is 0 Å². The predicted octanol–water partition coefficient (Wildman–Crippen LogP) is 5.22. The van der Waals surface area contributed by atoms with E-state index in [9.17, 15) is 20.6 Å². The van der Waals surface area contributed by atoms with Crippen molar-refractivity contribution in [2.75, 3.05) is 0 Å². The van der Waals surface area contributed by atoms with Gasteiger partial charge in [-0.05, 0) is 40.0 Å². The van der Waals surface area contributed by atoms with Crippen LogP contribution in [0.2, 0.25) is 0 Å². The molecule has 0 bridgehead atoms. The highest BCUT2D eigenvalue weighted by molar-refractivity contribution is 5.86. The van der Waals surface area contributed by atoms with Crippen LogP contribution in [-0.2, 0) is 0 Å². The maximum atomic E-state index is 10.9. The number of nitro benzene ring substituents is 1. The minimum atomic E-state index is -1.34. The van der Waals surface area contributed by atoms with Crippen molar-refractivity contribution >= 4 is 16.8 Å². The first-order valence-corrected chi connectivity index (χ1v) is 9.04. The van der Waals surface area contributed by atoms with Gasteiger partial charge < -0.3 is 0 Å². The van der Waals surface area contributed by atoms with Gasteiger partial charge in [-0.25, -0.2) is 0 Å². The Morgan fingerprint density at radius 2 is 1.66 bits per heavy atom. The third-order valence-electron chi connectivity index (χ3n) is 5.32. The van der Waals surface area contributed by atoms with Crippen LogP contribution in [-0.4, -0.2) is 4.92 Å². The van der Waals surface area contributed by atoms with Crippen LogP contribution in [0.3, 0.4) is 0 Å². The van der Waals surface area contributed by atoms with E-state index in [-0.39, 0.29) is 5.69 Å². The van der Waals surface area contributed by atoms with Crippen molar-refractivity contribution in [1.29, 1.82) is 10.5 Å². The van der Waals surface area contributed by atoms with Gasteiger partial charge in [0.25, 0.3) is 5.69 Å². The molecule has 0 saturated carbocycles. The highest BCUT2D eigenvalue weighted by Gasteiger charge is 2.48. The van der Waals surface area contributed by atoms with E-state index < -0.39 is 16.3 Å². The summed E-state index contributed by atoms with van der Waals surface area (Å²) in [5, 5.41) is 31.1. The van der Waals surface area contributed by atoms with Crippen molar-refractivity contribution in [3.63, 3.8) is 0 Å². The van der Waals surface area contributed by atoms with E-state index in [2.05, 4.69) is 12.1 Å². The summed E-state index contributed by atoms with van der Waals surface area (Å²) >= 11 is 0. The van der Waals surface area contributed by atoms with Gasteiger partial charge in [-0.15, -0.1) is 0 Å². The Morgan fingerprint density at radius 3 is 2.28 bits per heavy atom. The van der Waals surface area contributed by atoms with E-state index in [1.54, 1.807) is 12.1 Å². The fraction of sp³-hybridized carbons (Fsp3) is 0.0833. The molecule has 4 rings (SSSR count). The molecule has 0 aliphatic heterocycles. The summed E-state index contributed by atoms with van der Waals surface area (Å²) in [6.07, 6.45) is 9.52. The van der Waals surface area contributed by atoms with E-state index >= 15 is 0 Å². The van der Waals surface area contributed by atoms with E-state index in [0.717, 1.165) is 22.3 Å². The van der Waals surface area contributed by atoms with Crippen LogP contribution in [0.25, 0.3) is 11.1 Å². The molecule has 0 radical (unpaired) electrons. The van der Waals surface area contributed by atoms with Crippen molar-refractivity contribution < 1.29 is 4.92 Å². The monoisotopic (exact) mass is 377 g/mol. The van der Waals surface area contributed by atoms with Crippen LogP contribution in [0.15, 0.2) is 90.6 Å². The molecule has 0 fully saturated rings. The van der Waals surface area contributed by atoms with Gasteiger partial charge in [0, 0.05) is 18.1 Å². The summed E-state index contributed by atoms with van der Waals surface area (Å²) in [6.45, 7) is 0. The second kappa shape index (κ2) is 7.07. The van der Waals surface area contributed by atoms with E-state index in [0.29, 0.717) is 5.57 Å². The highest BCUT2D eigenvalue weighted by atomic mass is 16.6. The van der Waals surface area contributed by atoms with E-state index in [4.69, 9.17) is 0 Å². The summed E-state index contributed by atoms with van der Waals surface area (Å²) < 4.78 is 0. The Labute approximate surface area is 168 Å². The van der Waals surface area contributed by atoms with Gasteiger partial charge in [-0.1, -0.05) is 60.7 Å². The quantitative estimate of drug-likeness (QED) is 0.541. The zero-order valence-electron chi connectivity index (χ0n) is 15.3. The normalized spacial score (nSPS) is 19.0. The minimum Gasteiger partial charge on any atom is -0.258 e. The Bertz CT molecular complexity index is 1170. The van der Waals surface area contributed by atoms with Gasteiger partial charge in [0.2, 0.25) is 0 Å². The van der Waals surface area contributed by atoms with Crippen LogP contribution in [0, 0.1) is 44.1 Å². The molecule has 0 saturated heterocycles. The molecular formula is C24H15N3O2. The molecule has 0 heterocycles. The number of nitriles is 2. The largest absolute Gasteiger partial charge is 0.269 e. The van der Waals surface area contributed by atoms with Crippen molar-refractivity contribution in [3.8, 4) is 12.1 Å². The molecule has 138 valence electrons. The Morgan fingerprint density at radius 1 is 0.966 bits per heavy atom. The number of rotatable bonds is 3. The van der Waals surface area contributed by atoms with Crippen LogP contribution >= 0.6 is 0 Å². The summed E-state index contributed by atoms with van der Waals surface area (Å²) in [5.74, 6) is -0.437. The smallest absolute Gasteiger partial charge is 0.258 e. The Kier molecular flexibility index (Phi) is 4.43. The molecule has 1 atom stereocenters. The maximum Gasteiger partial charge on any atom is 0.269 e. The number of nitro groups is 1. The minimum absolute atomic E-state index is 0.0167. The van der Waals surface area contributed by atoms with Crippen molar-refractivity contribution in [3.05, 3.63) is 112 Å². The van der Waals surface area contributed by atoms with Crippen LogP contribution in [0.1, 0.15) is 11.1 Å². The second-order valence-electron chi connectivity index (χ2n) is 6.89. The molecule has 0 N–H and O–H groups in total. The molecule has 2 aromatic carbocycles. The van der Waals surface area contributed by atoms with Gasteiger partial charge >= 0.3 is 0 Å². The number of fused-ring (bicyclic) bond motifs is 1. The molecular weight excluding hydrogens is 362 g/mol. The summed E-state index contributed by atoms with van der Waals surface area (Å²) in [5.41, 5.74) is 2.70. The molecule has 2 aromatic rings. The number of hydrogen-bond acceptors (Lipinski definition) is 4. The standard InChI is InChI=1S/C24H15N3O2/c25-15-24(16-26)22(18-5-2-1-3-6-18)14-20-8-4-7-19(13-23(20)24)17-9-11-21(12-10-17)27(28)29/h1-14,23H. The molecule has 0 aromatic heterocycles. The van der Waals surface area contributed by atoms with Crippen LogP contribution in [0.4, 0.5) is 5.69 Å². The van der Waals surface area contributed by atoms with Gasteiger partial charge in [0.15, 0.2) is 5.41 Å². The van der Waals surface area contributed by atoms with Gasteiger partial charge in [0.05, 0.1) is 17.1 Å². The highest BCUT2D eigenvalue weighted by Crippen LogP contribution is 2.52. The SMILES string of the molecule is N#CC1(C#N)C(c2ccccc2)=CC2=CC=CC(c3ccc([N+](=O)[O-])cc3)=CC21. The topological polar surface area (TPSA) is 90.7 Å².